The number of nitrogens with zero attached hydrogens (tertiary/aromatic N) is 2. The molecular weight excluding hydrogens is 326 g/mol. The normalized spacial score (nSPS) is 18.0. The molecule has 6 heteroatoms. The van der Waals surface area contributed by atoms with Gasteiger partial charge in [-0.25, -0.2) is 0 Å². The highest BCUT2D eigenvalue weighted by atomic mass is 35.5. The van der Waals surface area contributed by atoms with Crippen molar-refractivity contribution in [3.8, 4) is 11.3 Å². The highest BCUT2D eigenvalue weighted by Gasteiger charge is 2.25. The summed E-state index contributed by atoms with van der Waals surface area (Å²) in [5.74, 6) is -0.0916. The van der Waals surface area contributed by atoms with E-state index in [2.05, 4.69) is 10.3 Å². The second-order valence-electron chi connectivity index (χ2n) is 5.84. The average Bonchev–Trinajstić information content (AvgIpc) is 2.76. The minimum absolute atomic E-state index is 0.0173. The number of benzene rings is 1. The summed E-state index contributed by atoms with van der Waals surface area (Å²) < 4.78 is 0. The summed E-state index contributed by atoms with van der Waals surface area (Å²) >= 11 is 5.87. The van der Waals surface area contributed by atoms with Crippen LogP contribution in [0.3, 0.4) is 0 Å². The van der Waals surface area contributed by atoms with Crippen molar-refractivity contribution >= 4 is 23.4 Å². The number of pyridine rings is 1. The zero-order valence-electron chi connectivity index (χ0n) is 13.3. The van der Waals surface area contributed by atoms with E-state index in [-0.39, 0.29) is 17.9 Å². The van der Waals surface area contributed by atoms with Crippen LogP contribution in [0.25, 0.3) is 11.3 Å². The molecule has 0 aliphatic carbocycles. The molecule has 1 aliphatic heterocycles. The molecular formula is C18H18ClN3O2. The van der Waals surface area contributed by atoms with Crippen molar-refractivity contribution in [2.45, 2.75) is 19.4 Å². The molecule has 0 spiro atoms. The maximum absolute atomic E-state index is 12.9. The van der Waals surface area contributed by atoms with E-state index in [0.717, 1.165) is 11.3 Å². The van der Waals surface area contributed by atoms with Gasteiger partial charge in [-0.15, -0.1) is 0 Å². The van der Waals surface area contributed by atoms with Gasteiger partial charge in [0.05, 0.1) is 10.7 Å². The second-order valence-corrected chi connectivity index (χ2v) is 6.28. The molecule has 1 saturated heterocycles. The van der Waals surface area contributed by atoms with Crippen LogP contribution < -0.4 is 5.32 Å². The van der Waals surface area contributed by atoms with Gasteiger partial charge in [0.15, 0.2) is 0 Å². The molecule has 124 valence electrons. The Morgan fingerprint density at radius 1 is 1.33 bits per heavy atom. The van der Waals surface area contributed by atoms with Crippen LogP contribution in [0.4, 0.5) is 0 Å². The van der Waals surface area contributed by atoms with Gasteiger partial charge in [-0.2, -0.15) is 0 Å². The van der Waals surface area contributed by atoms with E-state index in [1.165, 1.54) is 0 Å². The topological polar surface area (TPSA) is 62.3 Å². The first kappa shape index (κ1) is 16.5. The van der Waals surface area contributed by atoms with E-state index >= 15 is 0 Å². The molecule has 2 heterocycles. The summed E-state index contributed by atoms with van der Waals surface area (Å²) in [4.78, 5) is 30.4. The summed E-state index contributed by atoms with van der Waals surface area (Å²) in [5.41, 5.74) is 2.20. The number of rotatable bonds is 2. The Bertz CT molecular complexity index is 761. The van der Waals surface area contributed by atoms with Gasteiger partial charge in [-0.3, -0.25) is 14.6 Å². The van der Waals surface area contributed by atoms with E-state index in [9.17, 15) is 9.59 Å². The maximum Gasteiger partial charge on any atom is 0.254 e. The number of hydrogen-bond donors (Lipinski definition) is 1. The molecule has 3 rings (SSSR count). The Morgan fingerprint density at radius 3 is 2.92 bits per heavy atom. The SMILES string of the molecule is CC1CNC(=O)CCN1C(=O)c1cccc(-c2ccc(Cl)cn2)c1. The lowest BCUT2D eigenvalue weighted by atomic mass is 10.1. The van der Waals surface area contributed by atoms with Crippen LogP contribution in [0, 0.1) is 0 Å². The summed E-state index contributed by atoms with van der Waals surface area (Å²) in [5, 5.41) is 3.39. The van der Waals surface area contributed by atoms with Crippen LogP contribution in [0.5, 0.6) is 0 Å². The average molecular weight is 344 g/mol. The van der Waals surface area contributed by atoms with E-state index in [0.29, 0.717) is 30.1 Å². The largest absolute Gasteiger partial charge is 0.354 e. The Kier molecular flexibility index (Phi) is 4.81. The summed E-state index contributed by atoms with van der Waals surface area (Å²) in [7, 11) is 0. The van der Waals surface area contributed by atoms with Crippen molar-refractivity contribution < 1.29 is 9.59 Å². The molecule has 2 aromatic rings. The van der Waals surface area contributed by atoms with E-state index < -0.39 is 0 Å². The molecule has 1 N–H and O–H groups in total. The molecule has 1 atom stereocenters. The number of hydrogen-bond acceptors (Lipinski definition) is 3. The zero-order chi connectivity index (χ0) is 17.1. The first-order chi connectivity index (χ1) is 11.5. The minimum atomic E-state index is -0.0742. The lowest BCUT2D eigenvalue weighted by Crippen LogP contribution is -2.41. The van der Waals surface area contributed by atoms with Crippen LogP contribution in [0.2, 0.25) is 5.02 Å². The van der Waals surface area contributed by atoms with Gasteiger partial charge in [0, 0.05) is 42.9 Å². The second kappa shape index (κ2) is 7.01. The van der Waals surface area contributed by atoms with Crippen molar-refractivity contribution in [1.82, 2.24) is 15.2 Å². The molecule has 1 aromatic heterocycles. The monoisotopic (exact) mass is 343 g/mol. The Labute approximate surface area is 145 Å². The van der Waals surface area contributed by atoms with Crippen LogP contribution >= 0.6 is 11.6 Å². The molecule has 1 aromatic carbocycles. The fourth-order valence-corrected chi connectivity index (χ4v) is 2.84. The summed E-state index contributed by atoms with van der Waals surface area (Å²) in [6.07, 6.45) is 1.91. The number of nitrogens with one attached hydrogen (secondary N) is 1. The molecule has 0 bridgehead atoms. The van der Waals surface area contributed by atoms with Gasteiger partial charge in [0.25, 0.3) is 5.91 Å². The number of carbonyl (C=O) groups excluding carboxylic acids is 2. The number of aromatic nitrogens is 1. The molecule has 2 amide bonds. The molecule has 24 heavy (non-hydrogen) atoms. The van der Waals surface area contributed by atoms with Crippen LogP contribution in [0.1, 0.15) is 23.7 Å². The van der Waals surface area contributed by atoms with Crippen LogP contribution in [-0.4, -0.2) is 40.8 Å². The number of carbonyl (C=O) groups is 2. The third-order valence-corrected chi connectivity index (χ3v) is 4.32. The highest BCUT2D eigenvalue weighted by Crippen LogP contribution is 2.21. The van der Waals surface area contributed by atoms with Gasteiger partial charge in [-0.1, -0.05) is 23.7 Å². The Morgan fingerprint density at radius 2 is 2.17 bits per heavy atom. The summed E-state index contributed by atoms with van der Waals surface area (Å²) in [6, 6.07) is 10.9. The predicted molar refractivity (Wildman–Crippen MR) is 92.8 cm³/mol. The van der Waals surface area contributed by atoms with Gasteiger partial charge in [-0.05, 0) is 31.2 Å². The molecule has 0 radical (unpaired) electrons. The molecule has 1 unspecified atom stereocenters. The fraction of sp³-hybridized carbons (Fsp3) is 0.278. The minimum Gasteiger partial charge on any atom is -0.354 e. The van der Waals surface area contributed by atoms with Crippen molar-refractivity contribution in [2.24, 2.45) is 0 Å². The van der Waals surface area contributed by atoms with Crippen LogP contribution in [-0.2, 0) is 4.79 Å². The van der Waals surface area contributed by atoms with Crippen molar-refractivity contribution in [2.75, 3.05) is 13.1 Å². The fourth-order valence-electron chi connectivity index (χ4n) is 2.73. The van der Waals surface area contributed by atoms with Crippen molar-refractivity contribution in [3.05, 3.63) is 53.2 Å². The highest BCUT2D eigenvalue weighted by molar-refractivity contribution is 6.30. The Balaban J connectivity index is 1.86. The van der Waals surface area contributed by atoms with Crippen molar-refractivity contribution in [3.63, 3.8) is 0 Å². The third kappa shape index (κ3) is 3.57. The van der Waals surface area contributed by atoms with Gasteiger partial charge in [0.1, 0.15) is 0 Å². The van der Waals surface area contributed by atoms with E-state index in [1.54, 1.807) is 23.2 Å². The molecule has 1 aliphatic rings. The van der Waals surface area contributed by atoms with Gasteiger partial charge < -0.3 is 10.2 Å². The lowest BCUT2D eigenvalue weighted by molar-refractivity contribution is -0.120. The van der Waals surface area contributed by atoms with Gasteiger partial charge >= 0.3 is 0 Å². The van der Waals surface area contributed by atoms with Crippen LogP contribution in [0.15, 0.2) is 42.6 Å². The molecule has 1 fully saturated rings. The predicted octanol–water partition coefficient (Wildman–Crippen LogP) is 2.75. The Hall–Kier alpha value is -2.40. The lowest BCUT2D eigenvalue weighted by Gasteiger charge is -2.26. The first-order valence-electron chi connectivity index (χ1n) is 7.84. The van der Waals surface area contributed by atoms with Crippen molar-refractivity contribution in [1.29, 1.82) is 0 Å². The first-order valence-corrected chi connectivity index (χ1v) is 8.22. The van der Waals surface area contributed by atoms with E-state index in [1.807, 2.05) is 31.2 Å². The number of halogens is 1. The third-order valence-electron chi connectivity index (χ3n) is 4.10. The number of amides is 2. The van der Waals surface area contributed by atoms with E-state index in [4.69, 9.17) is 11.6 Å². The quantitative estimate of drug-likeness (QED) is 0.912. The smallest absolute Gasteiger partial charge is 0.254 e. The molecule has 0 saturated carbocycles. The standard InChI is InChI=1S/C18H18ClN3O2/c1-12-10-21-17(23)7-8-22(12)18(24)14-4-2-3-13(9-14)16-6-5-15(19)11-20-16/h2-6,9,11-12H,7-8,10H2,1H3,(H,21,23). The zero-order valence-corrected chi connectivity index (χ0v) is 14.1. The maximum atomic E-state index is 12.9. The summed E-state index contributed by atoms with van der Waals surface area (Å²) in [6.45, 7) is 2.84. The molecule has 5 nitrogen and oxygen atoms in total. The van der Waals surface area contributed by atoms with Gasteiger partial charge in [0.2, 0.25) is 5.91 Å².